The van der Waals surface area contributed by atoms with E-state index in [2.05, 4.69) is 0 Å². The quantitative estimate of drug-likeness (QED) is 0.320. The van der Waals surface area contributed by atoms with E-state index in [4.69, 9.17) is 21.8 Å². The Balaban J connectivity index is 2.80. The molecule has 1 aromatic rings. The first-order valence-corrected chi connectivity index (χ1v) is 5.73. The number of aliphatic carboxylic acids is 1. The van der Waals surface area contributed by atoms with Crippen LogP contribution in [0.5, 0.6) is 0 Å². The standard InChI is InChI=1S/C12H15N3O5/c13-8(12(19)20)5-6-10(16)15(14)9-4-2-1-3-7(9)11(17)18/h1-4,8H,5-6,13-14H2,(H,17,18)(H,19,20)/t8-/m0/s1. The molecule has 108 valence electrons. The molecular weight excluding hydrogens is 266 g/mol. The van der Waals surface area contributed by atoms with Crippen LogP contribution in [0.1, 0.15) is 23.2 Å². The number of carboxylic acids is 2. The van der Waals surface area contributed by atoms with Gasteiger partial charge in [-0.3, -0.25) is 9.59 Å². The molecule has 0 spiro atoms. The van der Waals surface area contributed by atoms with Gasteiger partial charge in [-0.15, -0.1) is 0 Å². The average Bonchev–Trinajstić information content (AvgIpc) is 2.43. The summed E-state index contributed by atoms with van der Waals surface area (Å²) in [5, 5.41) is 18.3. The number of carbonyl (C=O) groups is 3. The summed E-state index contributed by atoms with van der Waals surface area (Å²) in [4.78, 5) is 33.4. The lowest BCUT2D eigenvalue weighted by molar-refractivity contribution is -0.138. The topological polar surface area (TPSA) is 147 Å². The van der Waals surface area contributed by atoms with Crippen LogP contribution in [-0.2, 0) is 9.59 Å². The molecule has 6 N–H and O–H groups in total. The zero-order chi connectivity index (χ0) is 15.3. The number of hydrogen-bond donors (Lipinski definition) is 4. The Hall–Kier alpha value is -2.45. The van der Waals surface area contributed by atoms with Gasteiger partial charge in [0.05, 0.1) is 11.3 Å². The molecule has 1 rings (SSSR count). The highest BCUT2D eigenvalue weighted by atomic mass is 16.4. The lowest BCUT2D eigenvalue weighted by Gasteiger charge is -2.19. The number of carboxylic acid groups (broad SMARTS) is 2. The number of anilines is 1. The molecule has 0 bridgehead atoms. The Morgan fingerprint density at radius 3 is 2.35 bits per heavy atom. The summed E-state index contributed by atoms with van der Waals surface area (Å²) in [7, 11) is 0. The van der Waals surface area contributed by atoms with Crippen molar-refractivity contribution in [3.63, 3.8) is 0 Å². The first-order chi connectivity index (χ1) is 9.34. The minimum atomic E-state index is -1.22. The van der Waals surface area contributed by atoms with Crippen LogP contribution in [0.4, 0.5) is 5.69 Å². The number of rotatable bonds is 6. The number of amides is 1. The number of benzene rings is 1. The van der Waals surface area contributed by atoms with Crippen molar-refractivity contribution in [3.8, 4) is 0 Å². The second-order valence-corrected chi connectivity index (χ2v) is 4.07. The predicted molar refractivity (Wildman–Crippen MR) is 69.9 cm³/mol. The first-order valence-electron chi connectivity index (χ1n) is 5.73. The minimum Gasteiger partial charge on any atom is -0.480 e. The van der Waals surface area contributed by atoms with Gasteiger partial charge in [-0.05, 0) is 18.6 Å². The van der Waals surface area contributed by atoms with Crippen LogP contribution in [0.2, 0.25) is 0 Å². The molecule has 1 aromatic carbocycles. The normalized spacial score (nSPS) is 11.7. The summed E-state index contributed by atoms with van der Waals surface area (Å²) < 4.78 is 0. The predicted octanol–water partition coefficient (Wildman–Crippen LogP) is -0.216. The lowest BCUT2D eigenvalue weighted by Crippen LogP contribution is -2.40. The molecule has 0 aromatic heterocycles. The van der Waals surface area contributed by atoms with Gasteiger partial charge < -0.3 is 15.9 Å². The first kappa shape index (κ1) is 15.6. The maximum absolute atomic E-state index is 11.8. The number of para-hydroxylation sites is 1. The molecule has 20 heavy (non-hydrogen) atoms. The van der Waals surface area contributed by atoms with Crippen molar-refractivity contribution in [2.45, 2.75) is 18.9 Å². The van der Waals surface area contributed by atoms with Crippen molar-refractivity contribution >= 4 is 23.5 Å². The number of nitrogens with two attached hydrogens (primary N) is 2. The molecule has 8 heteroatoms. The van der Waals surface area contributed by atoms with Gasteiger partial charge in [0.2, 0.25) is 5.91 Å². The monoisotopic (exact) mass is 281 g/mol. The molecule has 0 heterocycles. The van der Waals surface area contributed by atoms with Crippen LogP contribution in [0, 0.1) is 0 Å². The lowest BCUT2D eigenvalue weighted by atomic mass is 10.1. The number of nitrogens with zero attached hydrogens (tertiary/aromatic N) is 1. The molecule has 0 aliphatic rings. The third-order valence-corrected chi connectivity index (χ3v) is 2.65. The summed E-state index contributed by atoms with van der Waals surface area (Å²) in [5.41, 5.74) is 5.19. The second-order valence-electron chi connectivity index (χ2n) is 4.07. The van der Waals surface area contributed by atoms with Gasteiger partial charge in [-0.25, -0.2) is 15.6 Å². The number of aromatic carboxylic acids is 1. The Kier molecular flexibility index (Phi) is 5.18. The molecule has 8 nitrogen and oxygen atoms in total. The molecule has 0 fully saturated rings. The van der Waals surface area contributed by atoms with E-state index in [0.717, 1.165) is 0 Å². The molecule has 0 unspecified atom stereocenters. The van der Waals surface area contributed by atoms with E-state index in [0.29, 0.717) is 5.01 Å². The summed E-state index contributed by atoms with van der Waals surface area (Å²) in [5.74, 6) is 2.52. The Morgan fingerprint density at radius 1 is 1.20 bits per heavy atom. The average molecular weight is 281 g/mol. The second kappa shape index (κ2) is 6.64. The Bertz CT molecular complexity index is 532. The largest absolute Gasteiger partial charge is 0.480 e. The van der Waals surface area contributed by atoms with Crippen molar-refractivity contribution in [1.82, 2.24) is 0 Å². The van der Waals surface area contributed by atoms with E-state index in [1.807, 2.05) is 0 Å². The van der Waals surface area contributed by atoms with Gasteiger partial charge in [0.25, 0.3) is 0 Å². The van der Waals surface area contributed by atoms with Gasteiger partial charge in [0.1, 0.15) is 6.04 Å². The van der Waals surface area contributed by atoms with Crippen LogP contribution >= 0.6 is 0 Å². The minimum absolute atomic E-state index is 0.0360. The molecule has 0 aliphatic carbocycles. The fourth-order valence-corrected chi connectivity index (χ4v) is 1.52. The summed E-state index contributed by atoms with van der Waals surface area (Å²) in [6, 6.07) is 4.58. The van der Waals surface area contributed by atoms with E-state index in [9.17, 15) is 14.4 Å². The van der Waals surface area contributed by atoms with Crippen molar-refractivity contribution in [1.29, 1.82) is 0 Å². The molecule has 0 aliphatic heterocycles. The smallest absolute Gasteiger partial charge is 0.337 e. The highest BCUT2D eigenvalue weighted by Crippen LogP contribution is 2.19. The van der Waals surface area contributed by atoms with Crippen molar-refractivity contribution in [2.24, 2.45) is 11.6 Å². The van der Waals surface area contributed by atoms with Gasteiger partial charge >= 0.3 is 11.9 Å². The van der Waals surface area contributed by atoms with Gasteiger partial charge in [0, 0.05) is 6.42 Å². The van der Waals surface area contributed by atoms with Gasteiger partial charge in [-0.1, -0.05) is 12.1 Å². The number of hydrazine groups is 1. The molecule has 0 saturated heterocycles. The number of carbonyl (C=O) groups excluding carboxylic acids is 1. The number of hydrogen-bond acceptors (Lipinski definition) is 5. The maximum atomic E-state index is 11.8. The van der Waals surface area contributed by atoms with Crippen LogP contribution in [-0.4, -0.2) is 34.1 Å². The maximum Gasteiger partial charge on any atom is 0.337 e. The van der Waals surface area contributed by atoms with Crippen LogP contribution in [0.25, 0.3) is 0 Å². The Morgan fingerprint density at radius 2 is 1.80 bits per heavy atom. The molecular formula is C12H15N3O5. The van der Waals surface area contributed by atoms with Gasteiger partial charge in [0.15, 0.2) is 0 Å². The zero-order valence-corrected chi connectivity index (χ0v) is 10.5. The molecule has 0 radical (unpaired) electrons. The molecule has 1 amide bonds. The van der Waals surface area contributed by atoms with E-state index in [1.54, 1.807) is 0 Å². The van der Waals surface area contributed by atoms with Crippen LogP contribution in [0.3, 0.4) is 0 Å². The van der Waals surface area contributed by atoms with Crippen LogP contribution < -0.4 is 16.6 Å². The van der Waals surface area contributed by atoms with Gasteiger partial charge in [-0.2, -0.15) is 0 Å². The highest BCUT2D eigenvalue weighted by molar-refractivity contribution is 6.01. The van der Waals surface area contributed by atoms with E-state index >= 15 is 0 Å². The fourth-order valence-electron chi connectivity index (χ4n) is 1.52. The Labute approximate surface area is 114 Å². The van der Waals surface area contributed by atoms with E-state index in [-0.39, 0.29) is 24.1 Å². The molecule has 1 atom stereocenters. The summed E-state index contributed by atoms with van der Waals surface area (Å²) in [6.45, 7) is 0. The zero-order valence-electron chi connectivity index (χ0n) is 10.5. The fraction of sp³-hybridized carbons (Fsp3) is 0.250. The third kappa shape index (κ3) is 3.77. The molecule has 0 saturated carbocycles. The third-order valence-electron chi connectivity index (χ3n) is 2.65. The van der Waals surface area contributed by atoms with Crippen molar-refractivity contribution < 1.29 is 24.6 Å². The van der Waals surface area contributed by atoms with Crippen LogP contribution in [0.15, 0.2) is 24.3 Å². The summed E-state index contributed by atoms with van der Waals surface area (Å²) >= 11 is 0. The van der Waals surface area contributed by atoms with E-state index in [1.165, 1.54) is 24.3 Å². The highest BCUT2D eigenvalue weighted by Gasteiger charge is 2.20. The summed E-state index contributed by atoms with van der Waals surface area (Å²) in [6.07, 6.45) is -0.283. The van der Waals surface area contributed by atoms with Crippen molar-refractivity contribution in [3.05, 3.63) is 29.8 Å². The SMILES string of the molecule is N[C@@H](CCC(=O)N(N)c1ccccc1C(=O)O)C(=O)O. The van der Waals surface area contributed by atoms with E-state index < -0.39 is 23.9 Å². The van der Waals surface area contributed by atoms with Crippen molar-refractivity contribution in [2.75, 3.05) is 5.01 Å².